The number of amides is 1. The van der Waals surface area contributed by atoms with Crippen LogP contribution in [0.5, 0.6) is 0 Å². The van der Waals surface area contributed by atoms with Crippen LogP contribution in [0.1, 0.15) is 27.2 Å². The Bertz CT molecular complexity index is 968. The minimum atomic E-state index is -0.609. The van der Waals surface area contributed by atoms with Crippen LogP contribution in [-0.2, 0) is 6.54 Å². The van der Waals surface area contributed by atoms with Crippen molar-refractivity contribution in [3.63, 3.8) is 0 Å². The molecule has 0 fully saturated rings. The van der Waals surface area contributed by atoms with Crippen molar-refractivity contribution in [3.8, 4) is 0 Å². The number of hydrogen-bond acceptors (Lipinski definition) is 2. The highest BCUT2D eigenvalue weighted by Gasteiger charge is 2.21. The zero-order valence-electron chi connectivity index (χ0n) is 14.2. The molecule has 0 saturated heterocycles. The Hall–Kier alpha value is -2.37. The van der Waals surface area contributed by atoms with Crippen molar-refractivity contribution in [2.45, 2.75) is 20.4 Å². The summed E-state index contributed by atoms with van der Waals surface area (Å²) in [7, 11) is 0. The molecule has 0 spiro atoms. The molecule has 0 aliphatic carbocycles. The first-order valence-corrected chi connectivity index (χ1v) is 8.65. The molecule has 1 aromatic heterocycles. The number of carbonyl (C=O) groups is 1. The van der Waals surface area contributed by atoms with Gasteiger partial charge in [0.15, 0.2) is 0 Å². The molecule has 1 N–H and O–H groups in total. The molecule has 3 aromatic rings. The number of nitrogens with one attached hydrogen (secondary N) is 1. The Morgan fingerprint density at radius 3 is 2.50 bits per heavy atom. The summed E-state index contributed by atoms with van der Waals surface area (Å²) in [6.07, 6.45) is 0. The number of nitrogens with zero attached hydrogens (tertiary/aromatic N) is 2. The van der Waals surface area contributed by atoms with Crippen molar-refractivity contribution >= 4 is 34.8 Å². The lowest BCUT2D eigenvalue weighted by atomic mass is 10.1. The van der Waals surface area contributed by atoms with E-state index in [1.807, 2.05) is 31.2 Å². The molecule has 134 valence electrons. The third kappa shape index (κ3) is 3.89. The van der Waals surface area contributed by atoms with Gasteiger partial charge < -0.3 is 5.32 Å². The highest BCUT2D eigenvalue weighted by atomic mass is 35.5. The third-order valence-electron chi connectivity index (χ3n) is 3.92. The van der Waals surface area contributed by atoms with Crippen molar-refractivity contribution in [2.75, 3.05) is 5.32 Å². The lowest BCUT2D eigenvalue weighted by Crippen LogP contribution is -2.13. The lowest BCUT2D eigenvalue weighted by molar-refractivity contribution is 0.102. The average Bonchev–Trinajstić information content (AvgIpc) is 2.87. The standard InChI is InChI=1S/C19H16Cl2FN3O/c1-11-3-5-13(6-4-11)10-25-18(21)17(12(2)24-25)19(26)23-14-7-8-15(20)16(22)9-14/h3-9H,10H2,1-2H3,(H,23,26). The Morgan fingerprint density at radius 1 is 1.15 bits per heavy atom. The van der Waals surface area contributed by atoms with E-state index in [-0.39, 0.29) is 15.7 Å². The van der Waals surface area contributed by atoms with Crippen molar-refractivity contribution in [1.82, 2.24) is 9.78 Å². The van der Waals surface area contributed by atoms with Gasteiger partial charge >= 0.3 is 0 Å². The predicted octanol–water partition coefficient (Wildman–Crippen LogP) is 5.25. The number of aromatic nitrogens is 2. The second-order valence-electron chi connectivity index (χ2n) is 5.98. The molecule has 0 atom stereocenters. The van der Waals surface area contributed by atoms with Gasteiger partial charge in [-0.05, 0) is 37.6 Å². The van der Waals surface area contributed by atoms with Crippen LogP contribution in [0.15, 0.2) is 42.5 Å². The van der Waals surface area contributed by atoms with Crippen molar-refractivity contribution in [3.05, 3.63) is 80.8 Å². The van der Waals surface area contributed by atoms with E-state index >= 15 is 0 Å². The second-order valence-corrected chi connectivity index (χ2v) is 6.74. The van der Waals surface area contributed by atoms with E-state index in [2.05, 4.69) is 10.4 Å². The van der Waals surface area contributed by atoms with E-state index in [1.54, 1.807) is 11.6 Å². The highest BCUT2D eigenvalue weighted by Crippen LogP contribution is 2.24. The number of aryl methyl sites for hydroxylation is 2. The number of rotatable bonds is 4. The molecule has 1 heterocycles. The van der Waals surface area contributed by atoms with Gasteiger partial charge in [-0.3, -0.25) is 4.79 Å². The Kier molecular flexibility index (Phi) is 5.30. The SMILES string of the molecule is Cc1ccc(Cn2nc(C)c(C(=O)Nc3ccc(Cl)c(F)c3)c2Cl)cc1. The summed E-state index contributed by atoms with van der Waals surface area (Å²) in [6.45, 7) is 4.16. The summed E-state index contributed by atoms with van der Waals surface area (Å²) >= 11 is 12.0. The van der Waals surface area contributed by atoms with Gasteiger partial charge in [0, 0.05) is 5.69 Å². The van der Waals surface area contributed by atoms with E-state index in [4.69, 9.17) is 23.2 Å². The maximum absolute atomic E-state index is 13.5. The molecule has 0 aliphatic heterocycles. The van der Waals surface area contributed by atoms with Gasteiger partial charge in [0.2, 0.25) is 0 Å². The van der Waals surface area contributed by atoms with Gasteiger partial charge in [0.25, 0.3) is 5.91 Å². The zero-order valence-corrected chi connectivity index (χ0v) is 15.7. The summed E-state index contributed by atoms with van der Waals surface area (Å²) in [5.74, 6) is -1.06. The van der Waals surface area contributed by atoms with E-state index in [9.17, 15) is 9.18 Å². The van der Waals surface area contributed by atoms with Gasteiger partial charge in [-0.2, -0.15) is 5.10 Å². The molecule has 7 heteroatoms. The summed E-state index contributed by atoms with van der Waals surface area (Å²) in [5.41, 5.74) is 3.22. The molecule has 4 nitrogen and oxygen atoms in total. The minimum absolute atomic E-state index is 0.0110. The van der Waals surface area contributed by atoms with Crippen molar-refractivity contribution < 1.29 is 9.18 Å². The van der Waals surface area contributed by atoms with Crippen LogP contribution < -0.4 is 5.32 Å². The molecular formula is C19H16Cl2FN3O. The molecule has 0 bridgehead atoms. The number of hydrogen-bond donors (Lipinski definition) is 1. The molecule has 0 radical (unpaired) electrons. The van der Waals surface area contributed by atoms with Gasteiger partial charge in [0.05, 0.1) is 22.8 Å². The van der Waals surface area contributed by atoms with E-state index in [0.717, 1.165) is 17.2 Å². The van der Waals surface area contributed by atoms with E-state index < -0.39 is 11.7 Å². The zero-order chi connectivity index (χ0) is 18.8. The van der Waals surface area contributed by atoms with Crippen LogP contribution in [-0.4, -0.2) is 15.7 Å². The summed E-state index contributed by atoms with van der Waals surface area (Å²) in [5, 5.41) is 7.19. The number of anilines is 1. The molecule has 26 heavy (non-hydrogen) atoms. The lowest BCUT2D eigenvalue weighted by Gasteiger charge is -2.07. The number of carbonyl (C=O) groups excluding carboxylic acids is 1. The van der Waals surface area contributed by atoms with Crippen molar-refractivity contribution in [1.29, 1.82) is 0 Å². The highest BCUT2D eigenvalue weighted by molar-refractivity contribution is 6.33. The topological polar surface area (TPSA) is 46.9 Å². The van der Waals surface area contributed by atoms with Crippen LogP contribution >= 0.6 is 23.2 Å². The van der Waals surface area contributed by atoms with Crippen LogP contribution in [0.2, 0.25) is 10.2 Å². The Morgan fingerprint density at radius 2 is 1.85 bits per heavy atom. The van der Waals surface area contributed by atoms with E-state index in [1.165, 1.54) is 12.1 Å². The summed E-state index contributed by atoms with van der Waals surface area (Å²) in [6, 6.07) is 12.0. The van der Waals surface area contributed by atoms with Gasteiger partial charge in [-0.1, -0.05) is 53.0 Å². The fourth-order valence-electron chi connectivity index (χ4n) is 2.55. The smallest absolute Gasteiger partial charge is 0.260 e. The maximum Gasteiger partial charge on any atom is 0.260 e. The Labute approximate surface area is 160 Å². The molecule has 3 rings (SSSR count). The summed E-state index contributed by atoms with van der Waals surface area (Å²) in [4.78, 5) is 12.6. The molecule has 2 aromatic carbocycles. The van der Waals surface area contributed by atoms with Gasteiger partial charge in [0.1, 0.15) is 11.0 Å². The molecule has 0 unspecified atom stereocenters. The molecule has 1 amide bonds. The average molecular weight is 392 g/mol. The molecular weight excluding hydrogens is 376 g/mol. The predicted molar refractivity (Wildman–Crippen MR) is 102 cm³/mol. The largest absolute Gasteiger partial charge is 0.322 e. The van der Waals surface area contributed by atoms with Crippen LogP contribution in [0.25, 0.3) is 0 Å². The Balaban J connectivity index is 1.83. The van der Waals surface area contributed by atoms with E-state index in [0.29, 0.717) is 17.9 Å². The van der Waals surface area contributed by atoms with Crippen LogP contribution in [0, 0.1) is 19.7 Å². The fourth-order valence-corrected chi connectivity index (χ4v) is 2.99. The minimum Gasteiger partial charge on any atom is -0.322 e. The second kappa shape index (κ2) is 7.48. The first kappa shape index (κ1) is 18.4. The van der Waals surface area contributed by atoms with Crippen LogP contribution in [0.4, 0.5) is 10.1 Å². The number of halogens is 3. The molecule has 0 aliphatic rings. The normalized spacial score (nSPS) is 10.8. The number of benzene rings is 2. The van der Waals surface area contributed by atoms with Crippen molar-refractivity contribution in [2.24, 2.45) is 0 Å². The fraction of sp³-hybridized carbons (Fsp3) is 0.158. The molecule has 0 saturated carbocycles. The quantitative estimate of drug-likeness (QED) is 0.660. The maximum atomic E-state index is 13.5. The first-order chi connectivity index (χ1) is 12.3. The van der Waals surface area contributed by atoms with Gasteiger partial charge in [-0.15, -0.1) is 0 Å². The first-order valence-electron chi connectivity index (χ1n) is 7.90. The van der Waals surface area contributed by atoms with Gasteiger partial charge in [-0.25, -0.2) is 9.07 Å². The monoisotopic (exact) mass is 391 g/mol. The van der Waals surface area contributed by atoms with Crippen LogP contribution in [0.3, 0.4) is 0 Å². The summed E-state index contributed by atoms with van der Waals surface area (Å²) < 4.78 is 15.1. The third-order valence-corrected chi connectivity index (χ3v) is 4.61.